The fraction of sp³-hybridized carbons (Fsp3) is 0.857. The summed E-state index contributed by atoms with van der Waals surface area (Å²) >= 11 is 0. The fourth-order valence-electron chi connectivity index (χ4n) is 3.01. The van der Waals surface area contributed by atoms with E-state index in [0.29, 0.717) is 38.6 Å². The third kappa shape index (κ3) is 2.96. The number of nitrogens with zero attached hydrogens (tertiary/aromatic N) is 2. The smallest absolute Gasteiger partial charge is 0.228 e. The molecule has 20 heavy (non-hydrogen) atoms. The molecule has 2 unspecified atom stereocenters. The molecule has 3 rings (SSSR count). The lowest BCUT2D eigenvalue weighted by molar-refractivity contribution is -0.144. The van der Waals surface area contributed by atoms with Gasteiger partial charge in [0.1, 0.15) is 0 Å². The normalized spacial score (nSPS) is 30.9. The van der Waals surface area contributed by atoms with Crippen LogP contribution in [0.25, 0.3) is 0 Å². The van der Waals surface area contributed by atoms with Gasteiger partial charge in [0.25, 0.3) is 0 Å². The van der Waals surface area contributed by atoms with Crippen molar-refractivity contribution in [1.82, 2.24) is 9.80 Å². The summed E-state index contributed by atoms with van der Waals surface area (Å²) in [7, 11) is 0. The summed E-state index contributed by atoms with van der Waals surface area (Å²) in [5.41, 5.74) is 0. The molecule has 1 saturated carbocycles. The molecule has 2 atom stereocenters. The third-order valence-electron chi connectivity index (χ3n) is 4.39. The molecule has 0 aromatic carbocycles. The quantitative estimate of drug-likeness (QED) is 0.752. The van der Waals surface area contributed by atoms with Gasteiger partial charge in [-0.2, -0.15) is 0 Å². The summed E-state index contributed by atoms with van der Waals surface area (Å²) in [6.45, 7) is 2.77. The Morgan fingerprint density at radius 3 is 2.85 bits per heavy atom. The topological polar surface area (TPSA) is 70.1 Å². The lowest BCUT2D eigenvalue weighted by Crippen LogP contribution is -2.49. The van der Waals surface area contributed by atoms with Crippen LogP contribution in [0, 0.1) is 11.8 Å². The van der Waals surface area contributed by atoms with E-state index in [4.69, 9.17) is 9.84 Å². The highest BCUT2D eigenvalue weighted by Crippen LogP contribution is 2.32. The summed E-state index contributed by atoms with van der Waals surface area (Å²) < 4.78 is 5.35. The van der Waals surface area contributed by atoms with Gasteiger partial charge >= 0.3 is 0 Å². The molecule has 2 saturated heterocycles. The molecule has 2 heterocycles. The predicted octanol–water partition coefficient (Wildman–Crippen LogP) is -0.535. The maximum atomic E-state index is 12.5. The molecule has 0 aromatic rings. The van der Waals surface area contributed by atoms with Crippen molar-refractivity contribution in [3.05, 3.63) is 0 Å². The van der Waals surface area contributed by atoms with Gasteiger partial charge in [-0.25, -0.2) is 0 Å². The first-order valence-corrected chi connectivity index (χ1v) is 7.46. The van der Waals surface area contributed by atoms with Gasteiger partial charge in [0, 0.05) is 32.6 Å². The molecule has 1 aliphatic carbocycles. The predicted molar refractivity (Wildman–Crippen MR) is 70.8 cm³/mol. The van der Waals surface area contributed by atoms with E-state index < -0.39 is 0 Å². The highest BCUT2D eigenvalue weighted by Gasteiger charge is 2.39. The number of hydrogen-bond donors (Lipinski definition) is 1. The Balaban J connectivity index is 1.55. The molecular formula is C14H22N2O4. The van der Waals surface area contributed by atoms with Crippen LogP contribution in [0.2, 0.25) is 0 Å². The molecule has 2 amide bonds. The molecule has 3 aliphatic rings. The zero-order valence-corrected chi connectivity index (χ0v) is 11.7. The first-order chi connectivity index (χ1) is 9.67. The lowest BCUT2D eigenvalue weighted by Gasteiger charge is -2.33. The Hall–Kier alpha value is -1.14. The molecule has 2 aliphatic heterocycles. The van der Waals surface area contributed by atoms with Crippen molar-refractivity contribution in [2.24, 2.45) is 11.8 Å². The SMILES string of the molecule is O=C1CC(C(=O)N2CCOC(CO)C2)CN1CC1CC1. The standard InChI is InChI=1S/C14H22N2O4/c17-9-12-8-15(3-4-20-12)14(19)11-5-13(18)16(7-11)6-10-1-2-10/h10-12,17H,1-9H2. The Kier molecular flexibility index (Phi) is 3.94. The number of amides is 2. The van der Waals surface area contributed by atoms with Crippen molar-refractivity contribution < 1.29 is 19.4 Å². The molecule has 0 radical (unpaired) electrons. The van der Waals surface area contributed by atoms with E-state index in [1.165, 1.54) is 12.8 Å². The first-order valence-electron chi connectivity index (χ1n) is 7.46. The fourth-order valence-corrected chi connectivity index (χ4v) is 3.01. The van der Waals surface area contributed by atoms with Crippen LogP contribution >= 0.6 is 0 Å². The van der Waals surface area contributed by atoms with E-state index >= 15 is 0 Å². The molecule has 0 aromatic heterocycles. The Labute approximate surface area is 118 Å². The van der Waals surface area contributed by atoms with Gasteiger partial charge in [-0.15, -0.1) is 0 Å². The van der Waals surface area contributed by atoms with Gasteiger partial charge in [0.15, 0.2) is 0 Å². The van der Waals surface area contributed by atoms with Crippen LogP contribution in [0.3, 0.4) is 0 Å². The van der Waals surface area contributed by atoms with Gasteiger partial charge in [0.05, 0.1) is 25.2 Å². The number of likely N-dealkylation sites (tertiary alicyclic amines) is 1. The maximum Gasteiger partial charge on any atom is 0.228 e. The van der Waals surface area contributed by atoms with E-state index in [-0.39, 0.29) is 30.4 Å². The van der Waals surface area contributed by atoms with Crippen molar-refractivity contribution in [3.63, 3.8) is 0 Å². The first kappa shape index (κ1) is 13.8. The van der Waals surface area contributed by atoms with Crippen LogP contribution < -0.4 is 0 Å². The molecule has 3 fully saturated rings. The van der Waals surface area contributed by atoms with Crippen molar-refractivity contribution >= 4 is 11.8 Å². The van der Waals surface area contributed by atoms with Crippen LogP contribution in [-0.4, -0.2) is 72.2 Å². The summed E-state index contributed by atoms with van der Waals surface area (Å²) in [4.78, 5) is 28.0. The molecule has 0 spiro atoms. The lowest BCUT2D eigenvalue weighted by atomic mass is 10.1. The van der Waals surface area contributed by atoms with E-state index in [1.54, 1.807) is 4.90 Å². The van der Waals surface area contributed by atoms with Gasteiger partial charge in [-0.3, -0.25) is 9.59 Å². The van der Waals surface area contributed by atoms with Crippen LogP contribution in [-0.2, 0) is 14.3 Å². The molecule has 6 nitrogen and oxygen atoms in total. The van der Waals surface area contributed by atoms with Gasteiger partial charge in [-0.1, -0.05) is 0 Å². The molecule has 112 valence electrons. The number of rotatable bonds is 4. The summed E-state index contributed by atoms with van der Waals surface area (Å²) in [6, 6.07) is 0. The number of aliphatic hydroxyl groups is 1. The van der Waals surface area contributed by atoms with Gasteiger partial charge in [0.2, 0.25) is 11.8 Å². The van der Waals surface area contributed by atoms with Crippen molar-refractivity contribution in [2.75, 3.05) is 39.4 Å². The van der Waals surface area contributed by atoms with Crippen LogP contribution in [0.1, 0.15) is 19.3 Å². The summed E-state index contributed by atoms with van der Waals surface area (Å²) in [5, 5.41) is 9.12. The van der Waals surface area contributed by atoms with Crippen molar-refractivity contribution in [2.45, 2.75) is 25.4 Å². The third-order valence-corrected chi connectivity index (χ3v) is 4.39. The van der Waals surface area contributed by atoms with Crippen molar-refractivity contribution in [1.29, 1.82) is 0 Å². The second-order valence-corrected chi connectivity index (χ2v) is 6.10. The Morgan fingerprint density at radius 1 is 1.35 bits per heavy atom. The maximum absolute atomic E-state index is 12.5. The highest BCUT2D eigenvalue weighted by molar-refractivity contribution is 5.89. The Morgan fingerprint density at radius 2 is 2.15 bits per heavy atom. The van der Waals surface area contributed by atoms with Gasteiger partial charge < -0.3 is 19.6 Å². The van der Waals surface area contributed by atoms with E-state index in [2.05, 4.69) is 0 Å². The minimum absolute atomic E-state index is 0.0402. The van der Waals surface area contributed by atoms with Gasteiger partial charge in [-0.05, 0) is 18.8 Å². The average molecular weight is 282 g/mol. The summed E-state index contributed by atoms with van der Waals surface area (Å²) in [5.74, 6) is 0.606. The minimum Gasteiger partial charge on any atom is -0.394 e. The Bertz CT molecular complexity index is 397. The zero-order chi connectivity index (χ0) is 14.1. The van der Waals surface area contributed by atoms with Crippen LogP contribution in [0.5, 0.6) is 0 Å². The van der Waals surface area contributed by atoms with E-state index in [1.807, 2.05) is 4.90 Å². The molecular weight excluding hydrogens is 260 g/mol. The van der Waals surface area contributed by atoms with Crippen LogP contribution in [0.15, 0.2) is 0 Å². The number of aliphatic hydroxyl groups excluding tert-OH is 1. The molecule has 1 N–H and O–H groups in total. The number of morpholine rings is 1. The van der Waals surface area contributed by atoms with Crippen LogP contribution in [0.4, 0.5) is 0 Å². The summed E-state index contributed by atoms with van der Waals surface area (Å²) in [6.07, 6.45) is 2.48. The minimum atomic E-state index is -0.285. The monoisotopic (exact) mass is 282 g/mol. The number of ether oxygens (including phenoxy) is 1. The van der Waals surface area contributed by atoms with E-state index in [9.17, 15) is 9.59 Å². The number of carbonyl (C=O) groups excluding carboxylic acids is 2. The molecule has 0 bridgehead atoms. The number of carbonyl (C=O) groups is 2. The average Bonchev–Trinajstić information content (AvgIpc) is 3.21. The highest BCUT2D eigenvalue weighted by atomic mass is 16.5. The second-order valence-electron chi connectivity index (χ2n) is 6.10. The largest absolute Gasteiger partial charge is 0.394 e. The molecule has 6 heteroatoms. The second kappa shape index (κ2) is 5.69. The zero-order valence-electron chi connectivity index (χ0n) is 11.7. The number of hydrogen-bond acceptors (Lipinski definition) is 4. The van der Waals surface area contributed by atoms with E-state index in [0.717, 1.165) is 6.54 Å². The van der Waals surface area contributed by atoms with Crippen molar-refractivity contribution in [3.8, 4) is 0 Å².